The van der Waals surface area contributed by atoms with Crippen LogP contribution in [0.15, 0.2) is 48.5 Å². The van der Waals surface area contributed by atoms with E-state index in [1.54, 1.807) is 8.85 Å². The molecule has 116 valence electrons. The molecule has 0 unspecified atom stereocenters. The minimum atomic E-state index is 0.00738. The van der Waals surface area contributed by atoms with E-state index in [0.717, 1.165) is 4.78 Å². The van der Waals surface area contributed by atoms with Crippen molar-refractivity contribution in [2.75, 3.05) is 0 Å². The third-order valence-corrected chi connectivity index (χ3v) is 7.57. The SMILES string of the molecule is CC[CH2][AlH][c]1ccc(C)cc1.Cc1cc[c]([AlH][CH](C)C)cc1. The van der Waals surface area contributed by atoms with Crippen LogP contribution in [0.2, 0.25) is 10.1 Å². The molecule has 2 heteroatoms. The molecular weight excluding hydrogens is 294 g/mol. The van der Waals surface area contributed by atoms with Crippen LogP contribution in [0, 0.1) is 13.8 Å². The fourth-order valence-corrected chi connectivity index (χ4v) is 5.11. The van der Waals surface area contributed by atoms with Gasteiger partial charge < -0.3 is 0 Å². The standard InChI is InChI=1S/2C7H7.2C3H7.2Al.2H/c2*1-7-5-3-2-4-6-7;2*1-3-2;;;;/h2*3-6H,1H3;3H,1-2H3;1,3H2,2H3;;;;. The van der Waals surface area contributed by atoms with Gasteiger partial charge in [0.1, 0.15) is 0 Å². The number of hydrogen-bond acceptors (Lipinski definition) is 0. The first-order valence-electron chi connectivity index (χ1n) is 8.62. The van der Waals surface area contributed by atoms with E-state index in [-0.39, 0.29) is 30.4 Å². The number of hydrogen-bond donors (Lipinski definition) is 0. The molecule has 0 saturated heterocycles. The molecule has 22 heavy (non-hydrogen) atoms. The lowest BCUT2D eigenvalue weighted by Crippen LogP contribution is -2.15. The van der Waals surface area contributed by atoms with Gasteiger partial charge >= 0.3 is 0 Å². The van der Waals surface area contributed by atoms with Gasteiger partial charge in [-0.3, -0.25) is 0 Å². The Kier molecular flexibility index (Phi) is 9.87. The molecule has 0 radical (unpaired) electrons. The van der Waals surface area contributed by atoms with E-state index >= 15 is 0 Å². The lowest BCUT2D eigenvalue weighted by atomic mass is 10.2. The first-order valence-corrected chi connectivity index (χ1v) is 11.9. The van der Waals surface area contributed by atoms with Crippen molar-refractivity contribution in [3.8, 4) is 0 Å². The highest BCUT2D eigenvalue weighted by atomic mass is 27.1. The van der Waals surface area contributed by atoms with E-state index in [2.05, 4.69) is 83.1 Å². The van der Waals surface area contributed by atoms with Gasteiger partial charge in [0.25, 0.3) is 30.4 Å². The van der Waals surface area contributed by atoms with Crippen LogP contribution < -0.4 is 8.85 Å². The molecule has 0 saturated carbocycles. The molecule has 0 N–H and O–H groups in total. The molecule has 2 aromatic rings. The van der Waals surface area contributed by atoms with Crippen molar-refractivity contribution < 1.29 is 0 Å². The second-order valence-electron chi connectivity index (χ2n) is 6.67. The van der Waals surface area contributed by atoms with Crippen LogP contribution in [-0.4, -0.2) is 30.4 Å². The van der Waals surface area contributed by atoms with Crippen LogP contribution in [-0.2, 0) is 0 Å². The van der Waals surface area contributed by atoms with E-state index in [1.807, 2.05) is 0 Å². The summed E-state index contributed by atoms with van der Waals surface area (Å²) in [5, 5.41) is 1.45. The molecule has 0 aliphatic rings. The zero-order chi connectivity index (χ0) is 16.4. The average molecular weight is 324 g/mol. The molecule has 0 fully saturated rings. The second kappa shape index (κ2) is 11.1. The Hall–Kier alpha value is -0.495. The highest BCUT2D eigenvalue weighted by Gasteiger charge is 2.00. The van der Waals surface area contributed by atoms with Gasteiger partial charge in [-0.15, -0.1) is 8.85 Å². The van der Waals surface area contributed by atoms with Gasteiger partial charge in [-0.05, 0) is 13.8 Å². The molecule has 0 aliphatic heterocycles. The molecular formula is C20H30Al2. The Morgan fingerprint density at radius 1 is 0.773 bits per heavy atom. The van der Waals surface area contributed by atoms with Crippen LogP contribution >= 0.6 is 0 Å². The highest BCUT2D eigenvalue weighted by molar-refractivity contribution is 6.54. The molecule has 0 nitrogen and oxygen atoms in total. The van der Waals surface area contributed by atoms with Crippen LogP contribution in [0.5, 0.6) is 0 Å². The van der Waals surface area contributed by atoms with Crippen molar-refractivity contribution in [1.82, 2.24) is 0 Å². The molecule has 0 atom stereocenters. The maximum absolute atomic E-state index is 2.31. The number of aryl methyl sites for hydroxylation is 2. The van der Waals surface area contributed by atoms with Gasteiger partial charge in [0.15, 0.2) is 0 Å². The van der Waals surface area contributed by atoms with Crippen LogP contribution in [0.1, 0.15) is 38.3 Å². The summed E-state index contributed by atoms with van der Waals surface area (Å²) in [7, 11) is 0. The molecule has 0 aromatic heterocycles. The third kappa shape index (κ3) is 8.83. The van der Waals surface area contributed by atoms with Crippen molar-refractivity contribution in [3.63, 3.8) is 0 Å². The van der Waals surface area contributed by atoms with Crippen LogP contribution in [0.3, 0.4) is 0 Å². The maximum atomic E-state index is 2.31. The molecule has 2 aromatic carbocycles. The topological polar surface area (TPSA) is 0 Å². The number of benzene rings is 2. The lowest BCUT2D eigenvalue weighted by Gasteiger charge is -2.01. The zero-order valence-corrected chi connectivity index (χ0v) is 17.9. The molecule has 0 amide bonds. The van der Waals surface area contributed by atoms with E-state index < -0.39 is 0 Å². The second-order valence-corrected chi connectivity index (χ2v) is 11.6. The predicted molar refractivity (Wildman–Crippen MR) is 106 cm³/mol. The van der Waals surface area contributed by atoms with Gasteiger partial charge in [0.2, 0.25) is 0 Å². The summed E-state index contributed by atoms with van der Waals surface area (Å²) in [5.74, 6) is 0. The van der Waals surface area contributed by atoms with Crippen molar-refractivity contribution in [2.45, 2.75) is 51.1 Å². The van der Waals surface area contributed by atoms with Crippen LogP contribution in [0.4, 0.5) is 0 Å². The van der Waals surface area contributed by atoms with Crippen molar-refractivity contribution in [1.29, 1.82) is 0 Å². The summed E-state index contributed by atoms with van der Waals surface area (Å²) >= 11 is 0.0800. The third-order valence-electron chi connectivity index (χ3n) is 3.70. The first-order chi connectivity index (χ1) is 10.5. The van der Waals surface area contributed by atoms with Crippen LogP contribution in [0.25, 0.3) is 0 Å². The summed E-state index contributed by atoms with van der Waals surface area (Å²) in [5.41, 5.74) is 2.74. The monoisotopic (exact) mass is 324 g/mol. The molecule has 0 aliphatic carbocycles. The Morgan fingerprint density at radius 2 is 1.23 bits per heavy atom. The van der Waals surface area contributed by atoms with E-state index in [4.69, 9.17) is 0 Å². The molecule has 0 bridgehead atoms. The van der Waals surface area contributed by atoms with E-state index in [9.17, 15) is 0 Å². The smallest absolute Gasteiger partial charge is 0.116 e. The van der Waals surface area contributed by atoms with Gasteiger partial charge in [-0.2, -0.15) is 0 Å². The largest absolute Gasteiger partial charge is 0.285 e. The van der Waals surface area contributed by atoms with E-state index in [1.165, 1.54) is 22.8 Å². The summed E-state index contributed by atoms with van der Waals surface area (Å²) in [4.78, 5) is 0. The van der Waals surface area contributed by atoms with Gasteiger partial charge in [-0.25, -0.2) is 0 Å². The van der Waals surface area contributed by atoms with Gasteiger partial charge in [0, 0.05) is 0 Å². The minimum Gasteiger partial charge on any atom is -0.116 e. The Morgan fingerprint density at radius 3 is 1.64 bits per heavy atom. The first kappa shape index (κ1) is 19.6. The average Bonchev–Trinajstić information content (AvgIpc) is 2.49. The lowest BCUT2D eigenvalue weighted by molar-refractivity contribution is 1.07. The minimum absolute atomic E-state index is 0.00738. The summed E-state index contributed by atoms with van der Waals surface area (Å²) < 4.78 is 4.10. The molecule has 0 spiro atoms. The van der Waals surface area contributed by atoms with Crippen molar-refractivity contribution >= 4 is 39.3 Å². The highest BCUT2D eigenvalue weighted by Crippen LogP contribution is 1.98. The predicted octanol–water partition coefficient (Wildman–Crippen LogP) is 3.77. The normalized spacial score (nSPS) is 9.91. The Labute approximate surface area is 149 Å². The fraction of sp³-hybridized carbons (Fsp3) is 0.400. The summed E-state index contributed by atoms with van der Waals surface area (Å²) in [6.07, 6.45) is 1.35. The summed E-state index contributed by atoms with van der Waals surface area (Å²) in [6.45, 7) is 11.2. The molecule has 2 rings (SSSR count). The quantitative estimate of drug-likeness (QED) is 0.735. The Balaban J connectivity index is 0.000000220. The van der Waals surface area contributed by atoms with Crippen molar-refractivity contribution in [3.05, 3.63) is 59.7 Å². The molecule has 0 heterocycles. The Bertz CT molecular complexity index is 512. The fourth-order valence-electron chi connectivity index (χ4n) is 2.33. The van der Waals surface area contributed by atoms with Crippen molar-refractivity contribution in [2.24, 2.45) is 0 Å². The van der Waals surface area contributed by atoms with E-state index in [0.29, 0.717) is 0 Å². The maximum Gasteiger partial charge on any atom is 0.285 e. The van der Waals surface area contributed by atoms with Gasteiger partial charge in [0.05, 0.1) is 0 Å². The number of rotatable bonds is 5. The van der Waals surface area contributed by atoms with Gasteiger partial charge in [-0.1, -0.05) is 96.9 Å². The summed E-state index contributed by atoms with van der Waals surface area (Å²) in [6, 6.07) is 18.0. The zero-order valence-electron chi connectivity index (χ0n) is 15.0.